The topological polar surface area (TPSA) is 83.0 Å². The smallest absolute Gasteiger partial charge is 0.339 e. The van der Waals surface area contributed by atoms with E-state index in [0.29, 0.717) is 17.3 Å². The summed E-state index contributed by atoms with van der Waals surface area (Å²) in [5.41, 5.74) is 6.27. The van der Waals surface area contributed by atoms with Crippen LogP contribution in [0.4, 0.5) is 4.79 Å². The molecule has 0 aliphatic carbocycles. The Bertz CT molecular complexity index is 521. The number of ether oxygens (including phenoxy) is 1. The summed E-state index contributed by atoms with van der Waals surface area (Å²) in [7, 11) is 1.54. The maximum Gasteiger partial charge on any atom is 0.339 e. The van der Waals surface area contributed by atoms with Crippen LogP contribution >= 0.6 is 0 Å². The predicted molar refractivity (Wildman–Crippen MR) is 57.0 cm³/mol. The lowest BCUT2D eigenvalue weighted by Crippen LogP contribution is -2.19. The molecule has 0 atom stereocenters. The first kappa shape index (κ1) is 10.2. The zero-order valence-electron chi connectivity index (χ0n) is 8.62. The average molecular weight is 218 g/mol. The van der Waals surface area contributed by atoms with Gasteiger partial charge >= 0.3 is 6.03 Å². The molecule has 0 unspecified atom stereocenters. The van der Waals surface area contributed by atoms with Crippen molar-refractivity contribution >= 4 is 6.03 Å². The van der Waals surface area contributed by atoms with Crippen molar-refractivity contribution in [2.24, 2.45) is 5.73 Å². The normalized spacial score (nSPS) is 10.1. The number of hydrogen-bond acceptors (Lipinski definition) is 4. The zero-order chi connectivity index (χ0) is 11.5. The Morgan fingerprint density at radius 1 is 1.38 bits per heavy atom. The molecule has 6 nitrogen and oxygen atoms in total. The summed E-state index contributed by atoms with van der Waals surface area (Å²) >= 11 is 0. The Morgan fingerprint density at radius 2 is 2.19 bits per heavy atom. The molecule has 2 aromatic rings. The second kappa shape index (κ2) is 4.01. The Balaban J connectivity index is 2.38. The largest absolute Gasteiger partial charge is 0.481 e. The molecule has 16 heavy (non-hydrogen) atoms. The van der Waals surface area contributed by atoms with Gasteiger partial charge in [-0.1, -0.05) is 6.07 Å². The number of rotatable bonds is 2. The van der Waals surface area contributed by atoms with Crippen molar-refractivity contribution in [2.45, 2.75) is 0 Å². The van der Waals surface area contributed by atoms with Gasteiger partial charge in [-0.25, -0.2) is 9.78 Å². The molecular weight excluding hydrogens is 208 g/mol. The fourth-order valence-electron chi connectivity index (χ4n) is 1.25. The molecule has 0 saturated heterocycles. The lowest BCUT2D eigenvalue weighted by molar-refractivity contribution is 0.248. The number of nitrogens with zero attached hydrogens (tertiary/aromatic N) is 3. The van der Waals surface area contributed by atoms with E-state index < -0.39 is 6.03 Å². The highest BCUT2D eigenvalue weighted by Gasteiger charge is 2.06. The third-order valence-electron chi connectivity index (χ3n) is 2.01. The van der Waals surface area contributed by atoms with Gasteiger partial charge in [-0.3, -0.25) is 0 Å². The van der Waals surface area contributed by atoms with Gasteiger partial charge in [0.05, 0.1) is 12.8 Å². The average Bonchev–Trinajstić information content (AvgIpc) is 2.78. The number of carbonyl (C=O) groups is 1. The highest BCUT2D eigenvalue weighted by molar-refractivity contribution is 5.74. The van der Waals surface area contributed by atoms with E-state index in [1.807, 2.05) is 0 Å². The van der Waals surface area contributed by atoms with Crippen LogP contribution in [0.5, 0.6) is 5.88 Å². The first-order valence-electron chi connectivity index (χ1n) is 4.57. The van der Waals surface area contributed by atoms with Crippen LogP contribution in [0.2, 0.25) is 0 Å². The Morgan fingerprint density at radius 3 is 2.81 bits per heavy atom. The van der Waals surface area contributed by atoms with Crippen LogP contribution in [0.15, 0.2) is 30.5 Å². The Hall–Kier alpha value is -2.37. The zero-order valence-corrected chi connectivity index (χ0v) is 8.62. The molecule has 6 heteroatoms. The standard InChI is InChI=1S/C10H10N4O2/c1-16-9-4-2-3-7(12-9)8-5-6-14(13-8)10(11)15/h2-6H,1H3,(H2,11,15). The molecule has 1 amide bonds. The van der Waals surface area contributed by atoms with Gasteiger partial charge in [-0.2, -0.15) is 9.78 Å². The highest BCUT2D eigenvalue weighted by atomic mass is 16.5. The van der Waals surface area contributed by atoms with Gasteiger partial charge < -0.3 is 10.5 Å². The minimum atomic E-state index is -0.630. The number of pyridine rings is 1. The molecule has 2 heterocycles. The number of carbonyl (C=O) groups excluding carboxylic acids is 1. The monoisotopic (exact) mass is 218 g/mol. The van der Waals surface area contributed by atoms with Gasteiger partial charge in [0.25, 0.3) is 0 Å². The molecule has 2 aromatic heterocycles. The van der Waals surface area contributed by atoms with E-state index in [-0.39, 0.29) is 0 Å². The summed E-state index contributed by atoms with van der Waals surface area (Å²) in [5.74, 6) is 0.492. The van der Waals surface area contributed by atoms with Crippen LogP contribution in [0.3, 0.4) is 0 Å². The van der Waals surface area contributed by atoms with Crippen LogP contribution in [0.25, 0.3) is 11.4 Å². The summed E-state index contributed by atoms with van der Waals surface area (Å²) < 4.78 is 6.05. The molecule has 0 bridgehead atoms. The maximum atomic E-state index is 10.8. The Labute approximate surface area is 91.7 Å². The summed E-state index contributed by atoms with van der Waals surface area (Å²) in [5, 5.41) is 3.98. The minimum Gasteiger partial charge on any atom is -0.481 e. The molecule has 0 spiro atoms. The number of methoxy groups -OCH3 is 1. The quantitative estimate of drug-likeness (QED) is 0.811. The Kier molecular flexibility index (Phi) is 2.55. The highest BCUT2D eigenvalue weighted by Crippen LogP contribution is 2.17. The number of nitrogens with two attached hydrogens (primary N) is 1. The summed E-state index contributed by atoms with van der Waals surface area (Å²) in [6, 6.07) is 6.33. The van der Waals surface area contributed by atoms with Gasteiger partial charge in [0, 0.05) is 12.3 Å². The minimum absolute atomic E-state index is 0.492. The first-order valence-corrected chi connectivity index (χ1v) is 4.57. The fourth-order valence-corrected chi connectivity index (χ4v) is 1.25. The van der Waals surface area contributed by atoms with Crippen molar-refractivity contribution in [3.05, 3.63) is 30.5 Å². The van der Waals surface area contributed by atoms with Gasteiger partial charge in [-0.15, -0.1) is 0 Å². The van der Waals surface area contributed by atoms with Crippen molar-refractivity contribution in [3.8, 4) is 17.3 Å². The van der Waals surface area contributed by atoms with Crippen LogP contribution in [0, 0.1) is 0 Å². The predicted octanol–water partition coefficient (Wildman–Crippen LogP) is 0.880. The van der Waals surface area contributed by atoms with Crippen LogP contribution in [-0.4, -0.2) is 27.9 Å². The molecule has 2 rings (SSSR count). The van der Waals surface area contributed by atoms with Crippen molar-refractivity contribution in [1.29, 1.82) is 0 Å². The summed E-state index contributed by atoms with van der Waals surface area (Å²) in [6.45, 7) is 0. The van der Waals surface area contributed by atoms with E-state index in [4.69, 9.17) is 10.5 Å². The lowest BCUT2D eigenvalue weighted by Gasteiger charge is -2.00. The molecule has 82 valence electrons. The van der Waals surface area contributed by atoms with Crippen LogP contribution < -0.4 is 10.5 Å². The van der Waals surface area contributed by atoms with Gasteiger partial charge in [0.2, 0.25) is 5.88 Å². The molecule has 0 fully saturated rings. The number of amides is 1. The van der Waals surface area contributed by atoms with E-state index in [0.717, 1.165) is 4.68 Å². The van der Waals surface area contributed by atoms with E-state index in [2.05, 4.69) is 10.1 Å². The van der Waals surface area contributed by atoms with E-state index in [1.165, 1.54) is 13.3 Å². The molecule has 0 aliphatic rings. The van der Waals surface area contributed by atoms with E-state index in [1.54, 1.807) is 24.3 Å². The van der Waals surface area contributed by atoms with E-state index in [9.17, 15) is 4.79 Å². The third-order valence-corrected chi connectivity index (χ3v) is 2.01. The van der Waals surface area contributed by atoms with E-state index >= 15 is 0 Å². The summed E-state index contributed by atoms with van der Waals surface area (Å²) in [6.07, 6.45) is 1.48. The summed E-state index contributed by atoms with van der Waals surface area (Å²) in [4.78, 5) is 15.0. The van der Waals surface area contributed by atoms with Crippen LogP contribution in [0.1, 0.15) is 0 Å². The second-order valence-electron chi connectivity index (χ2n) is 3.05. The van der Waals surface area contributed by atoms with Crippen molar-refractivity contribution in [2.75, 3.05) is 7.11 Å². The molecule has 0 saturated carbocycles. The SMILES string of the molecule is COc1cccc(-c2ccn(C(N)=O)n2)n1. The molecule has 0 aliphatic heterocycles. The third kappa shape index (κ3) is 1.85. The molecule has 0 radical (unpaired) electrons. The molecule has 2 N–H and O–H groups in total. The van der Waals surface area contributed by atoms with Crippen molar-refractivity contribution < 1.29 is 9.53 Å². The molecular formula is C10H10N4O2. The number of aromatic nitrogens is 3. The first-order chi connectivity index (χ1) is 7.70. The van der Waals surface area contributed by atoms with Gasteiger partial charge in [0.1, 0.15) is 5.69 Å². The van der Waals surface area contributed by atoms with Crippen molar-refractivity contribution in [1.82, 2.24) is 14.8 Å². The number of primary amides is 1. The maximum absolute atomic E-state index is 10.8. The lowest BCUT2D eigenvalue weighted by atomic mass is 10.3. The van der Waals surface area contributed by atoms with Crippen molar-refractivity contribution in [3.63, 3.8) is 0 Å². The van der Waals surface area contributed by atoms with Gasteiger partial charge in [0.15, 0.2) is 0 Å². The van der Waals surface area contributed by atoms with Gasteiger partial charge in [-0.05, 0) is 12.1 Å². The fraction of sp³-hybridized carbons (Fsp3) is 0.100. The molecule has 0 aromatic carbocycles. The second-order valence-corrected chi connectivity index (χ2v) is 3.05. The number of hydrogen-bond donors (Lipinski definition) is 1. The van der Waals surface area contributed by atoms with Crippen LogP contribution in [-0.2, 0) is 0 Å².